The van der Waals surface area contributed by atoms with E-state index in [1.807, 2.05) is 23.5 Å². The Morgan fingerprint density at radius 2 is 1.00 bits per heavy atom. The molecule has 0 fully saturated rings. The monoisotopic (exact) mass is 680 g/mol. The maximum atomic E-state index is 6.17. The summed E-state index contributed by atoms with van der Waals surface area (Å²) >= 11 is 1.90. The fourth-order valence-electron chi connectivity index (χ4n) is 8.60. The summed E-state index contributed by atoms with van der Waals surface area (Å²) < 4.78 is 13.6. The first kappa shape index (κ1) is 28.1. The van der Waals surface area contributed by atoms with Gasteiger partial charge in [0.15, 0.2) is 0 Å². The maximum Gasteiger partial charge on any atom is 0.135 e. The molecule has 242 valence electrons. The molecular formula is C48H28N2OS. The van der Waals surface area contributed by atoms with Crippen molar-refractivity contribution in [2.45, 2.75) is 0 Å². The first-order valence-electron chi connectivity index (χ1n) is 17.7. The lowest BCUT2D eigenvalue weighted by Crippen LogP contribution is -1.93. The van der Waals surface area contributed by atoms with Gasteiger partial charge in [-0.2, -0.15) is 0 Å². The molecule has 52 heavy (non-hydrogen) atoms. The lowest BCUT2D eigenvalue weighted by atomic mass is 10.00. The van der Waals surface area contributed by atoms with Crippen molar-refractivity contribution in [1.29, 1.82) is 0 Å². The van der Waals surface area contributed by atoms with Gasteiger partial charge in [-0.05, 0) is 90.0 Å². The number of benzene rings is 8. The smallest absolute Gasteiger partial charge is 0.135 e. The Labute approximate surface area is 301 Å². The number of para-hydroxylation sites is 4. The highest BCUT2D eigenvalue weighted by Gasteiger charge is 2.19. The van der Waals surface area contributed by atoms with Crippen LogP contribution in [0, 0.1) is 0 Å². The van der Waals surface area contributed by atoms with E-state index in [1.165, 1.54) is 80.6 Å². The Morgan fingerprint density at radius 1 is 0.365 bits per heavy atom. The zero-order valence-corrected chi connectivity index (χ0v) is 28.7. The maximum absolute atomic E-state index is 6.17. The van der Waals surface area contributed by atoms with Crippen LogP contribution in [-0.4, -0.2) is 9.13 Å². The van der Waals surface area contributed by atoms with Crippen molar-refractivity contribution in [3.05, 3.63) is 170 Å². The van der Waals surface area contributed by atoms with Crippen molar-refractivity contribution < 1.29 is 4.42 Å². The molecule has 0 N–H and O–H groups in total. The van der Waals surface area contributed by atoms with Gasteiger partial charge in [0.25, 0.3) is 0 Å². The fraction of sp³-hybridized carbons (Fsp3) is 0. The van der Waals surface area contributed by atoms with Gasteiger partial charge in [0.05, 0.1) is 22.1 Å². The lowest BCUT2D eigenvalue weighted by molar-refractivity contribution is 0.669. The van der Waals surface area contributed by atoms with Crippen LogP contribution < -0.4 is 0 Å². The van der Waals surface area contributed by atoms with Crippen LogP contribution in [0.1, 0.15) is 0 Å². The molecule has 0 amide bonds. The van der Waals surface area contributed by atoms with E-state index in [0.29, 0.717) is 0 Å². The summed E-state index contributed by atoms with van der Waals surface area (Å²) in [6.45, 7) is 0. The van der Waals surface area contributed by atoms with Crippen LogP contribution in [0.3, 0.4) is 0 Å². The summed E-state index contributed by atoms with van der Waals surface area (Å²) in [7, 11) is 0. The Morgan fingerprint density at radius 3 is 1.87 bits per heavy atom. The number of aromatic nitrogens is 2. The fourth-order valence-corrected chi connectivity index (χ4v) is 9.84. The molecule has 0 aliphatic carbocycles. The van der Waals surface area contributed by atoms with Crippen molar-refractivity contribution in [3.8, 4) is 22.5 Å². The summed E-state index contributed by atoms with van der Waals surface area (Å²) in [4.78, 5) is 0. The van der Waals surface area contributed by atoms with Crippen molar-refractivity contribution in [2.75, 3.05) is 0 Å². The Bertz CT molecular complexity index is 3410. The van der Waals surface area contributed by atoms with E-state index < -0.39 is 0 Å². The highest BCUT2D eigenvalue weighted by molar-refractivity contribution is 7.26. The number of nitrogens with zero attached hydrogens (tertiary/aromatic N) is 2. The second-order valence-corrected chi connectivity index (χ2v) is 14.8. The standard InChI is InChI=1S/C48H28N2OS/c1-2-10-31(11-3-1)49-41-16-8-5-14-36(41)47-43(49)23-21-35-39-27-30(19-25-46(39)52-48(35)47)29-18-22-42-37(26-29)33-12-4-7-15-40(33)50(42)32-20-24-45-38(28-32)34-13-6-9-17-44(34)51-45/h1-28H. The van der Waals surface area contributed by atoms with Crippen molar-refractivity contribution >= 4 is 97.1 Å². The summed E-state index contributed by atoms with van der Waals surface area (Å²) in [5.41, 5.74) is 11.4. The molecule has 12 rings (SSSR count). The number of hydrogen-bond donors (Lipinski definition) is 0. The SMILES string of the molecule is c1ccc(-n2c3ccccc3c3c4sc5ccc(-c6ccc7c(c6)c6ccccc6n7-c6ccc7oc8ccccc8c7c6)cc5c4ccc32)cc1. The summed E-state index contributed by atoms with van der Waals surface area (Å²) in [6.07, 6.45) is 0. The Kier molecular flexibility index (Phi) is 5.65. The van der Waals surface area contributed by atoms with Crippen molar-refractivity contribution in [2.24, 2.45) is 0 Å². The highest BCUT2D eigenvalue weighted by Crippen LogP contribution is 2.45. The zero-order valence-electron chi connectivity index (χ0n) is 27.9. The molecule has 0 aliphatic rings. The van der Waals surface area contributed by atoms with Gasteiger partial charge in [-0.15, -0.1) is 11.3 Å². The topological polar surface area (TPSA) is 23.0 Å². The quantitative estimate of drug-likeness (QED) is 0.182. The van der Waals surface area contributed by atoms with E-state index in [0.717, 1.165) is 27.6 Å². The van der Waals surface area contributed by atoms with Crippen molar-refractivity contribution in [3.63, 3.8) is 0 Å². The molecule has 0 unspecified atom stereocenters. The van der Waals surface area contributed by atoms with E-state index >= 15 is 0 Å². The molecule has 0 saturated heterocycles. The first-order valence-corrected chi connectivity index (χ1v) is 18.5. The second kappa shape index (κ2) is 10.5. The molecule has 0 saturated carbocycles. The third-order valence-electron chi connectivity index (χ3n) is 10.9. The van der Waals surface area contributed by atoms with E-state index in [-0.39, 0.29) is 0 Å². The number of thiophene rings is 1. The molecule has 4 heterocycles. The molecule has 0 atom stereocenters. The average Bonchev–Trinajstić information content (AvgIpc) is 3.95. The molecule has 12 aromatic rings. The van der Waals surface area contributed by atoms with Gasteiger partial charge in [-0.3, -0.25) is 0 Å². The number of fused-ring (bicyclic) bond motifs is 13. The van der Waals surface area contributed by atoms with Gasteiger partial charge < -0.3 is 13.6 Å². The minimum atomic E-state index is 0.909. The van der Waals surface area contributed by atoms with Crippen LogP contribution in [-0.2, 0) is 0 Å². The van der Waals surface area contributed by atoms with Crippen molar-refractivity contribution in [1.82, 2.24) is 9.13 Å². The van der Waals surface area contributed by atoms with Gasteiger partial charge in [-0.1, -0.05) is 91.0 Å². The third kappa shape index (κ3) is 3.84. The normalized spacial score (nSPS) is 12.2. The van der Waals surface area contributed by atoms with E-state index in [9.17, 15) is 0 Å². The number of hydrogen-bond acceptors (Lipinski definition) is 2. The lowest BCUT2D eigenvalue weighted by Gasteiger charge is -2.09. The Hall–Kier alpha value is -6.62. The number of furan rings is 1. The molecule has 0 spiro atoms. The van der Waals surface area contributed by atoms with Gasteiger partial charge in [0.2, 0.25) is 0 Å². The minimum absolute atomic E-state index is 0.909. The third-order valence-corrected chi connectivity index (χ3v) is 12.1. The summed E-state index contributed by atoms with van der Waals surface area (Å²) in [5, 5.41) is 10.0. The van der Waals surface area contributed by atoms with Crippen LogP contribution in [0.15, 0.2) is 174 Å². The van der Waals surface area contributed by atoms with Gasteiger partial charge in [0, 0.05) is 63.9 Å². The minimum Gasteiger partial charge on any atom is -0.456 e. The predicted molar refractivity (Wildman–Crippen MR) is 221 cm³/mol. The largest absolute Gasteiger partial charge is 0.456 e. The molecule has 0 radical (unpaired) electrons. The van der Waals surface area contributed by atoms with Crippen LogP contribution in [0.2, 0.25) is 0 Å². The van der Waals surface area contributed by atoms with Gasteiger partial charge in [0.1, 0.15) is 11.2 Å². The summed E-state index contributed by atoms with van der Waals surface area (Å²) in [6, 6.07) is 61.7. The van der Waals surface area contributed by atoms with E-state index in [2.05, 4.69) is 167 Å². The molecule has 8 aromatic carbocycles. The molecule has 3 nitrogen and oxygen atoms in total. The average molecular weight is 681 g/mol. The zero-order chi connectivity index (χ0) is 33.9. The van der Waals surface area contributed by atoms with Gasteiger partial charge >= 0.3 is 0 Å². The van der Waals surface area contributed by atoms with Crippen LogP contribution >= 0.6 is 11.3 Å². The molecule has 0 bridgehead atoms. The molecule has 4 heteroatoms. The highest BCUT2D eigenvalue weighted by atomic mass is 32.1. The second-order valence-electron chi connectivity index (χ2n) is 13.7. The summed E-state index contributed by atoms with van der Waals surface area (Å²) in [5.74, 6) is 0. The molecular weight excluding hydrogens is 653 g/mol. The van der Waals surface area contributed by atoms with Crippen LogP contribution in [0.5, 0.6) is 0 Å². The Balaban J connectivity index is 1.04. The van der Waals surface area contributed by atoms with Crippen LogP contribution in [0.4, 0.5) is 0 Å². The van der Waals surface area contributed by atoms with Gasteiger partial charge in [-0.25, -0.2) is 0 Å². The predicted octanol–water partition coefficient (Wildman–Crippen LogP) is 13.8. The van der Waals surface area contributed by atoms with E-state index in [4.69, 9.17) is 4.42 Å². The van der Waals surface area contributed by atoms with E-state index in [1.54, 1.807) is 0 Å². The first-order chi connectivity index (χ1) is 25.8. The number of rotatable bonds is 3. The molecule has 4 aromatic heterocycles. The molecule has 0 aliphatic heterocycles. The van der Waals surface area contributed by atoms with Crippen LogP contribution in [0.25, 0.3) is 108 Å².